The highest BCUT2D eigenvalue weighted by Crippen LogP contribution is 2.42. The molecule has 1 fully saturated rings. The number of benzene rings is 1. The van der Waals surface area contributed by atoms with E-state index in [-0.39, 0.29) is 0 Å². The third-order valence-electron chi connectivity index (χ3n) is 4.60. The lowest BCUT2D eigenvalue weighted by Crippen LogP contribution is -2.41. The van der Waals surface area contributed by atoms with E-state index in [1.807, 2.05) is 20.8 Å². The Hall–Kier alpha value is -2.04. The van der Waals surface area contributed by atoms with Gasteiger partial charge in [0.1, 0.15) is 6.54 Å². The summed E-state index contributed by atoms with van der Waals surface area (Å²) >= 11 is 0. The fourth-order valence-electron chi connectivity index (χ4n) is 2.92. The molecule has 0 atom stereocenters. The van der Waals surface area contributed by atoms with Gasteiger partial charge in [0.15, 0.2) is 0 Å². The van der Waals surface area contributed by atoms with E-state index in [9.17, 15) is 18.0 Å². The van der Waals surface area contributed by atoms with Gasteiger partial charge in [-0.3, -0.25) is 4.79 Å². The molecule has 0 spiro atoms. The normalized spacial score (nSPS) is 17.2. The third-order valence-corrected chi connectivity index (χ3v) is 4.60. The first-order valence-electron chi connectivity index (χ1n) is 9.28. The van der Waals surface area contributed by atoms with Gasteiger partial charge in [-0.2, -0.15) is 13.2 Å². The monoisotopic (exact) mass is 381 g/mol. The Labute approximate surface area is 160 Å². The number of fused-ring (bicyclic) bond motifs is 1. The number of amides is 1. The molecule has 27 heavy (non-hydrogen) atoms. The van der Waals surface area contributed by atoms with Crippen LogP contribution in [0.2, 0.25) is 0 Å². The fraction of sp³-hybridized carbons (Fsp3) is 0.500. The lowest BCUT2D eigenvalue weighted by Gasteiger charge is -2.21. The van der Waals surface area contributed by atoms with Crippen molar-refractivity contribution in [1.29, 1.82) is 0 Å². The highest BCUT2D eigenvalue weighted by atomic mass is 19.4. The molecule has 1 aromatic rings. The molecule has 1 aliphatic carbocycles. The number of para-hydroxylation sites is 1. The molecule has 2 aliphatic rings. The van der Waals surface area contributed by atoms with Crippen molar-refractivity contribution in [2.24, 2.45) is 5.92 Å². The number of hydrogen-bond acceptors (Lipinski definition) is 1. The first-order chi connectivity index (χ1) is 12.4. The van der Waals surface area contributed by atoms with Crippen molar-refractivity contribution in [3.63, 3.8) is 0 Å². The number of anilines is 1. The molecule has 0 radical (unpaired) electrons. The highest BCUT2D eigenvalue weighted by molar-refractivity contribution is 6.07. The topological polar surface area (TPSA) is 20.3 Å². The van der Waals surface area contributed by atoms with Gasteiger partial charge in [0.25, 0.3) is 0 Å². The molecule has 0 N–H and O–H groups in total. The Morgan fingerprint density at radius 2 is 1.70 bits per heavy atom. The molecule has 0 saturated heterocycles. The highest BCUT2D eigenvalue weighted by Gasteiger charge is 2.47. The van der Waals surface area contributed by atoms with Crippen LogP contribution in [0.3, 0.4) is 0 Å². The van der Waals surface area contributed by atoms with Gasteiger partial charge in [-0.15, -0.1) is 0 Å². The molecule has 3 rings (SSSR count). The van der Waals surface area contributed by atoms with Crippen molar-refractivity contribution in [3.05, 3.63) is 54.1 Å². The Balaban J connectivity index is 0.000000305. The van der Waals surface area contributed by atoms with Crippen LogP contribution in [0, 0.1) is 5.92 Å². The Bertz CT molecular complexity index is 700. The number of rotatable bonds is 3. The van der Waals surface area contributed by atoms with Crippen LogP contribution in [0.4, 0.5) is 18.9 Å². The number of allylic oxidation sites excluding steroid dienone is 2. The molecular formula is C22H30F3NO. The lowest BCUT2D eigenvalue weighted by atomic mass is 9.86. The van der Waals surface area contributed by atoms with Gasteiger partial charge in [-0.25, -0.2) is 0 Å². The third kappa shape index (κ3) is 5.72. The number of carbonyl (C=O) groups is 1. The van der Waals surface area contributed by atoms with Crippen LogP contribution in [-0.2, 0) is 10.2 Å². The molecule has 0 aromatic heterocycles. The molecule has 0 bridgehead atoms. The van der Waals surface area contributed by atoms with Gasteiger partial charge in [-0.05, 0) is 56.7 Å². The molecule has 0 unspecified atom stereocenters. The van der Waals surface area contributed by atoms with Crippen LogP contribution in [0.5, 0.6) is 0 Å². The van der Waals surface area contributed by atoms with Crippen LogP contribution in [0.1, 0.15) is 53.0 Å². The van der Waals surface area contributed by atoms with E-state index >= 15 is 0 Å². The maximum atomic E-state index is 12.4. The fourth-order valence-corrected chi connectivity index (χ4v) is 2.92. The minimum atomic E-state index is -4.39. The summed E-state index contributed by atoms with van der Waals surface area (Å²) in [6.07, 6.45) is -1.71. The van der Waals surface area contributed by atoms with Crippen molar-refractivity contribution in [2.75, 3.05) is 11.4 Å². The first kappa shape index (κ1) is 23.0. The predicted octanol–water partition coefficient (Wildman–Crippen LogP) is 6.43. The second-order valence-corrected chi connectivity index (χ2v) is 7.23. The van der Waals surface area contributed by atoms with Gasteiger partial charge in [0.2, 0.25) is 5.91 Å². The summed E-state index contributed by atoms with van der Waals surface area (Å²) < 4.78 is 37.3. The van der Waals surface area contributed by atoms with Crippen LogP contribution in [0.15, 0.2) is 48.6 Å². The first-order valence-corrected chi connectivity index (χ1v) is 9.28. The van der Waals surface area contributed by atoms with Gasteiger partial charge >= 0.3 is 6.18 Å². The zero-order chi connectivity index (χ0) is 21.0. The average molecular weight is 381 g/mol. The van der Waals surface area contributed by atoms with E-state index in [2.05, 4.69) is 13.2 Å². The minimum absolute atomic E-state index is 0.361. The maximum Gasteiger partial charge on any atom is 0.406 e. The second-order valence-electron chi connectivity index (χ2n) is 7.23. The summed E-state index contributed by atoms with van der Waals surface area (Å²) in [6.45, 7) is 15.8. The molecular weight excluding hydrogens is 351 g/mol. The molecule has 5 heteroatoms. The molecule has 1 heterocycles. The van der Waals surface area contributed by atoms with Gasteiger partial charge in [0.05, 0.1) is 5.41 Å². The lowest BCUT2D eigenvalue weighted by molar-refractivity contribution is -0.134. The van der Waals surface area contributed by atoms with Crippen LogP contribution in [-0.4, -0.2) is 18.6 Å². The number of nitrogens with zero attached hydrogens (tertiary/aromatic N) is 1. The largest absolute Gasteiger partial charge is 0.406 e. The summed E-state index contributed by atoms with van der Waals surface area (Å²) in [4.78, 5) is 12.8. The van der Waals surface area contributed by atoms with Crippen LogP contribution < -0.4 is 4.90 Å². The SMILES string of the molecule is C=C(C)C(=C)C1CC1.CC.CC1(C)C(=O)N(CC(F)(F)F)c2ccccc21. The standard InChI is InChI=1S/C12H12F3NO.C8H12.C2H6/c1-11(2)8-5-3-4-6-9(8)16(10(11)17)7-12(13,14)15;1-6(2)7(3)8-4-5-8;1-2/h3-6H,7H2,1-2H3;8H,1,3-5H2,2H3;1-2H3. The van der Waals surface area contributed by atoms with Gasteiger partial charge in [0, 0.05) is 5.69 Å². The van der Waals surface area contributed by atoms with E-state index in [4.69, 9.17) is 0 Å². The number of alkyl halides is 3. The van der Waals surface area contributed by atoms with Gasteiger partial charge in [-0.1, -0.05) is 50.8 Å². The summed E-state index contributed by atoms with van der Waals surface area (Å²) in [5.41, 5.74) is 2.55. The van der Waals surface area contributed by atoms with Crippen molar-refractivity contribution >= 4 is 11.6 Å². The Morgan fingerprint density at radius 3 is 2.11 bits per heavy atom. The van der Waals surface area contributed by atoms with Crippen LogP contribution in [0.25, 0.3) is 0 Å². The number of halogens is 3. The van der Waals surface area contributed by atoms with Crippen LogP contribution >= 0.6 is 0 Å². The second kappa shape index (κ2) is 8.77. The summed E-state index contributed by atoms with van der Waals surface area (Å²) in [7, 11) is 0. The summed E-state index contributed by atoms with van der Waals surface area (Å²) in [5, 5.41) is 0. The molecule has 150 valence electrons. The van der Waals surface area contributed by atoms with E-state index in [1.54, 1.807) is 38.1 Å². The average Bonchev–Trinajstić information content (AvgIpc) is 3.42. The molecule has 1 amide bonds. The Kier molecular flexibility index (Phi) is 7.47. The molecule has 1 saturated carbocycles. The molecule has 2 nitrogen and oxygen atoms in total. The molecule has 1 aromatic carbocycles. The number of hydrogen-bond donors (Lipinski definition) is 0. The zero-order valence-corrected chi connectivity index (χ0v) is 16.9. The summed E-state index contributed by atoms with van der Waals surface area (Å²) in [6, 6.07) is 6.61. The predicted molar refractivity (Wildman–Crippen MR) is 106 cm³/mol. The quantitative estimate of drug-likeness (QED) is 0.553. The summed E-state index contributed by atoms with van der Waals surface area (Å²) in [5.74, 6) is 0.295. The van der Waals surface area contributed by atoms with Crippen molar-refractivity contribution < 1.29 is 18.0 Å². The smallest absolute Gasteiger partial charge is 0.302 e. The maximum absolute atomic E-state index is 12.4. The van der Waals surface area contributed by atoms with E-state index in [0.29, 0.717) is 11.3 Å². The van der Waals surface area contributed by atoms with E-state index in [1.165, 1.54) is 18.4 Å². The Morgan fingerprint density at radius 1 is 1.19 bits per heavy atom. The molecule has 1 aliphatic heterocycles. The van der Waals surface area contributed by atoms with Crippen molar-refractivity contribution in [3.8, 4) is 0 Å². The zero-order valence-electron chi connectivity index (χ0n) is 16.9. The minimum Gasteiger partial charge on any atom is -0.302 e. The van der Waals surface area contributed by atoms with Gasteiger partial charge < -0.3 is 4.90 Å². The van der Waals surface area contributed by atoms with Crippen molar-refractivity contribution in [2.45, 2.75) is 59.1 Å². The van der Waals surface area contributed by atoms with E-state index < -0.39 is 24.0 Å². The number of carbonyl (C=O) groups excluding carboxylic acids is 1. The van der Waals surface area contributed by atoms with Crippen molar-refractivity contribution in [1.82, 2.24) is 0 Å². The van der Waals surface area contributed by atoms with E-state index in [0.717, 1.165) is 16.4 Å².